The minimum atomic E-state index is -4.51. The van der Waals surface area contributed by atoms with Crippen molar-refractivity contribution in [2.75, 3.05) is 11.9 Å². The lowest BCUT2D eigenvalue weighted by molar-refractivity contribution is -0.194. The third-order valence-corrected chi connectivity index (χ3v) is 4.94. The second-order valence-corrected chi connectivity index (χ2v) is 6.43. The summed E-state index contributed by atoms with van der Waals surface area (Å²) in [5.41, 5.74) is 0.846. The van der Waals surface area contributed by atoms with E-state index in [-0.39, 0.29) is 11.9 Å². The van der Waals surface area contributed by atoms with Gasteiger partial charge in [-0.15, -0.1) is 11.3 Å². The molecule has 0 saturated heterocycles. The molecule has 0 saturated carbocycles. The fraction of sp³-hybridized carbons (Fsp3) is 0.583. The molecule has 1 amide bonds. The molecule has 112 valence electrons. The quantitative estimate of drug-likeness (QED) is 0.708. The molecule has 1 aliphatic heterocycles. The average Bonchev–Trinajstić information content (AvgIpc) is 2.54. The van der Waals surface area contributed by atoms with Crippen molar-refractivity contribution in [3.8, 4) is 5.75 Å². The molecule has 0 aromatic carbocycles. The third-order valence-electron chi connectivity index (χ3n) is 3.29. The number of ether oxygens (including phenoxy) is 1. The van der Waals surface area contributed by atoms with Gasteiger partial charge in [-0.2, -0.15) is 13.2 Å². The number of hydrogen-bond donors (Lipinski definition) is 0. The van der Waals surface area contributed by atoms with Crippen molar-refractivity contribution in [1.82, 2.24) is 4.90 Å². The van der Waals surface area contributed by atoms with Gasteiger partial charge in [-0.25, -0.2) is 0 Å². The summed E-state index contributed by atoms with van der Waals surface area (Å²) < 4.78 is 44.6. The van der Waals surface area contributed by atoms with Crippen LogP contribution < -0.4 is 4.74 Å². The zero-order valence-electron chi connectivity index (χ0n) is 10.9. The third kappa shape index (κ3) is 2.81. The number of nitrogens with zero attached hydrogens (tertiary/aromatic N) is 1. The highest BCUT2D eigenvalue weighted by Crippen LogP contribution is 2.39. The molecule has 0 unspecified atom stereocenters. The van der Waals surface area contributed by atoms with Crippen molar-refractivity contribution in [1.29, 1.82) is 0 Å². The molecule has 2 rings (SSSR count). The van der Waals surface area contributed by atoms with E-state index in [4.69, 9.17) is 4.74 Å². The first-order valence-electron chi connectivity index (χ1n) is 5.89. The summed E-state index contributed by atoms with van der Waals surface area (Å²) in [5, 5.41) is -0.141. The Kier molecular flexibility index (Phi) is 4.34. The number of aryl methyl sites for hydroxylation is 1. The second-order valence-electron chi connectivity index (χ2n) is 4.56. The van der Waals surface area contributed by atoms with Crippen molar-refractivity contribution in [2.24, 2.45) is 0 Å². The van der Waals surface area contributed by atoms with Crippen molar-refractivity contribution >= 4 is 33.2 Å². The van der Waals surface area contributed by atoms with Gasteiger partial charge < -0.3 is 9.64 Å². The first-order valence-corrected chi connectivity index (χ1v) is 7.83. The van der Waals surface area contributed by atoms with Gasteiger partial charge in [-0.3, -0.25) is 4.79 Å². The van der Waals surface area contributed by atoms with E-state index < -0.39 is 24.7 Å². The summed E-state index contributed by atoms with van der Waals surface area (Å²) in [4.78, 5) is 14.3. The molecule has 1 aromatic heterocycles. The lowest BCUT2D eigenvalue weighted by Gasteiger charge is -2.30. The predicted molar refractivity (Wildman–Crippen MR) is 73.5 cm³/mol. The smallest absolute Gasteiger partial charge is 0.412 e. The lowest BCUT2D eigenvalue weighted by atomic mass is 10.2. The Hall–Kier alpha value is -0.760. The van der Waals surface area contributed by atoms with Gasteiger partial charge in [0.15, 0.2) is 6.04 Å². The van der Waals surface area contributed by atoms with Gasteiger partial charge in [0.1, 0.15) is 12.4 Å². The van der Waals surface area contributed by atoms with Gasteiger partial charge in [0.05, 0.1) is 16.8 Å². The van der Waals surface area contributed by atoms with E-state index in [9.17, 15) is 18.0 Å². The minimum Gasteiger partial charge on any atom is -0.490 e. The Morgan fingerprint density at radius 2 is 2.15 bits per heavy atom. The Bertz CT molecular complexity index is 530. The van der Waals surface area contributed by atoms with Gasteiger partial charge in [-0.1, -0.05) is 15.9 Å². The average molecular weight is 372 g/mol. The van der Waals surface area contributed by atoms with Gasteiger partial charge >= 0.3 is 6.18 Å². The molecular formula is C12H13BrF3NO2S. The summed E-state index contributed by atoms with van der Waals surface area (Å²) in [7, 11) is 0. The molecule has 8 heteroatoms. The van der Waals surface area contributed by atoms with Crippen LogP contribution in [-0.2, 0) is 11.3 Å². The number of carbonyl (C=O) groups excluding carboxylic acids is 1. The molecule has 0 fully saturated rings. The minimum absolute atomic E-state index is 0.0662. The maximum Gasteiger partial charge on any atom is 0.412 e. The topological polar surface area (TPSA) is 29.5 Å². The number of halogens is 4. The highest BCUT2D eigenvalue weighted by Gasteiger charge is 2.47. The molecule has 0 radical (unpaired) electrons. The van der Waals surface area contributed by atoms with E-state index in [1.54, 1.807) is 0 Å². The largest absolute Gasteiger partial charge is 0.490 e. The van der Waals surface area contributed by atoms with E-state index in [2.05, 4.69) is 15.9 Å². The van der Waals surface area contributed by atoms with Gasteiger partial charge in [0.25, 0.3) is 0 Å². The normalized spacial score (nSPS) is 19.3. The van der Waals surface area contributed by atoms with E-state index in [1.807, 2.05) is 13.8 Å². The van der Waals surface area contributed by atoms with Crippen LogP contribution in [0.5, 0.6) is 5.75 Å². The van der Waals surface area contributed by atoms with Gasteiger partial charge in [0.2, 0.25) is 5.91 Å². The SMILES string of the molecule is Cc1sc2c(c1C)OC[C@@H](C(F)(F)F)N(C(=O)CBr)C2. The highest BCUT2D eigenvalue weighted by atomic mass is 79.9. The molecule has 1 aliphatic rings. The highest BCUT2D eigenvalue weighted by molar-refractivity contribution is 9.09. The van der Waals surface area contributed by atoms with E-state index >= 15 is 0 Å². The molecular weight excluding hydrogens is 359 g/mol. The standard InChI is InChI=1S/C12H13BrF3NO2S/c1-6-7(2)20-8-4-17(10(18)3-13)9(12(14,15)16)5-19-11(6)8/h9H,3-5H2,1-2H3/t9-/m0/s1. The summed E-state index contributed by atoms with van der Waals surface area (Å²) >= 11 is 4.31. The van der Waals surface area contributed by atoms with Crippen molar-refractivity contribution in [3.05, 3.63) is 15.3 Å². The molecule has 1 atom stereocenters. The van der Waals surface area contributed by atoms with Crippen LogP contribution in [-0.4, -0.2) is 35.0 Å². The molecule has 1 aromatic rings. The molecule has 0 spiro atoms. The van der Waals surface area contributed by atoms with E-state index in [0.29, 0.717) is 10.6 Å². The van der Waals surface area contributed by atoms with Crippen LogP contribution in [0.3, 0.4) is 0 Å². The molecule has 3 nitrogen and oxygen atoms in total. The number of hydrogen-bond acceptors (Lipinski definition) is 3. The Morgan fingerprint density at radius 3 is 2.70 bits per heavy atom. The molecule has 0 N–H and O–H groups in total. The first kappa shape index (κ1) is 15.6. The van der Waals surface area contributed by atoms with Crippen molar-refractivity contribution in [3.63, 3.8) is 0 Å². The van der Waals surface area contributed by atoms with E-state index in [0.717, 1.165) is 15.3 Å². The zero-order chi connectivity index (χ0) is 15.1. The van der Waals surface area contributed by atoms with Crippen LogP contribution in [0.15, 0.2) is 0 Å². The molecule has 2 heterocycles. The predicted octanol–water partition coefficient (Wildman–Crippen LogP) is 3.41. The van der Waals surface area contributed by atoms with E-state index in [1.165, 1.54) is 11.3 Å². The molecule has 0 bridgehead atoms. The number of fused-ring (bicyclic) bond motifs is 1. The van der Waals surface area contributed by atoms with Gasteiger partial charge in [-0.05, 0) is 13.8 Å². The van der Waals surface area contributed by atoms with Crippen LogP contribution in [0.4, 0.5) is 13.2 Å². The zero-order valence-corrected chi connectivity index (χ0v) is 13.3. The van der Waals surface area contributed by atoms with Crippen LogP contribution in [0.1, 0.15) is 15.3 Å². The maximum atomic E-state index is 13.1. The summed E-state index contributed by atoms with van der Waals surface area (Å²) in [6.45, 7) is 3.07. The fourth-order valence-electron chi connectivity index (χ4n) is 2.10. The Balaban J connectivity index is 2.40. The summed E-state index contributed by atoms with van der Waals surface area (Å²) in [6, 6.07) is -1.91. The van der Waals surface area contributed by atoms with Crippen LogP contribution in [0.25, 0.3) is 0 Å². The molecule has 0 aliphatic carbocycles. The molecule has 20 heavy (non-hydrogen) atoms. The monoisotopic (exact) mass is 371 g/mol. The van der Waals surface area contributed by atoms with Crippen molar-refractivity contribution < 1.29 is 22.7 Å². The Morgan fingerprint density at radius 1 is 1.50 bits per heavy atom. The maximum absolute atomic E-state index is 13.1. The number of rotatable bonds is 1. The Labute approximate surface area is 126 Å². The van der Waals surface area contributed by atoms with Crippen LogP contribution in [0, 0.1) is 13.8 Å². The summed E-state index contributed by atoms with van der Waals surface area (Å²) in [6.07, 6.45) is -4.51. The van der Waals surface area contributed by atoms with Crippen molar-refractivity contribution in [2.45, 2.75) is 32.6 Å². The lowest BCUT2D eigenvalue weighted by Crippen LogP contribution is -2.51. The fourth-order valence-corrected chi connectivity index (χ4v) is 3.54. The number of amides is 1. The van der Waals surface area contributed by atoms with Crippen LogP contribution >= 0.6 is 27.3 Å². The van der Waals surface area contributed by atoms with Gasteiger partial charge in [0, 0.05) is 10.4 Å². The second kappa shape index (κ2) is 5.55. The number of alkyl halides is 4. The number of thiophene rings is 1. The van der Waals surface area contributed by atoms with Crippen LogP contribution in [0.2, 0.25) is 0 Å². The number of carbonyl (C=O) groups is 1. The first-order chi connectivity index (χ1) is 9.25. The summed E-state index contributed by atoms with van der Waals surface area (Å²) in [5.74, 6) is -0.0981.